The van der Waals surface area contributed by atoms with Crippen LogP contribution >= 0.6 is 11.8 Å². The summed E-state index contributed by atoms with van der Waals surface area (Å²) in [5.74, 6) is -1.07. The first kappa shape index (κ1) is 25.6. The first-order chi connectivity index (χ1) is 17.7. The van der Waals surface area contributed by atoms with Gasteiger partial charge in [-0.15, -0.1) is 18.3 Å². The Morgan fingerprint density at radius 2 is 1.68 bits per heavy atom. The Kier molecular flexibility index (Phi) is 7.67. The van der Waals surface area contributed by atoms with Crippen LogP contribution in [0.3, 0.4) is 0 Å². The molecule has 4 aromatic rings. The number of nitrogens with one attached hydrogen (secondary N) is 2. The van der Waals surface area contributed by atoms with Gasteiger partial charge in [0.15, 0.2) is 10.9 Å². The van der Waals surface area contributed by atoms with Gasteiger partial charge in [-0.05, 0) is 48.5 Å². The molecule has 2 heterocycles. The lowest BCUT2D eigenvalue weighted by atomic mass is 10.2. The maximum atomic E-state index is 13.1. The smallest absolute Gasteiger partial charge is 0.406 e. The number of hydrogen-bond acceptors (Lipinski definition) is 8. The molecular formula is C23H18F3N7O3S. The van der Waals surface area contributed by atoms with E-state index in [2.05, 4.69) is 35.7 Å². The minimum Gasteiger partial charge on any atom is -0.406 e. The minimum atomic E-state index is -4.82. The standard InChI is InChI=1S/C23H18F3N7O3S/c1-14(34)29-15-4-2-5-16(12-15)30-21(35)20-19(13-37-22-27-10-3-11-28-22)33(32-31-20)17-6-8-18(9-7-17)36-23(24,25)26/h2-12H,13H2,1H3,(H,29,34)(H,30,35). The third-order valence-electron chi connectivity index (χ3n) is 4.61. The van der Waals surface area contributed by atoms with Crippen LogP contribution in [-0.4, -0.2) is 43.1 Å². The normalized spacial score (nSPS) is 11.1. The zero-order chi connectivity index (χ0) is 26.4. The highest BCUT2D eigenvalue weighted by molar-refractivity contribution is 7.98. The third kappa shape index (κ3) is 7.04. The quantitative estimate of drug-likeness (QED) is 0.253. The van der Waals surface area contributed by atoms with Crippen molar-refractivity contribution in [2.75, 3.05) is 10.6 Å². The number of rotatable bonds is 8. The van der Waals surface area contributed by atoms with Crippen LogP contribution in [0.5, 0.6) is 5.75 Å². The molecule has 37 heavy (non-hydrogen) atoms. The van der Waals surface area contributed by atoms with Gasteiger partial charge in [0.2, 0.25) is 5.91 Å². The number of ether oxygens (including phenoxy) is 1. The summed E-state index contributed by atoms with van der Waals surface area (Å²) in [6.45, 7) is 1.37. The van der Waals surface area contributed by atoms with Crippen molar-refractivity contribution < 1.29 is 27.5 Å². The number of alkyl halides is 3. The van der Waals surface area contributed by atoms with E-state index in [0.29, 0.717) is 27.9 Å². The topological polar surface area (TPSA) is 124 Å². The van der Waals surface area contributed by atoms with Crippen molar-refractivity contribution in [3.05, 3.63) is 78.4 Å². The molecule has 2 amide bonds. The van der Waals surface area contributed by atoms with Crippen LogP contribution in [0, 0.1) is 0 Å². The lowest BCUT2D eigenvalue weighted by molar-refractivity contribution is -0.274. The maximum absolute atomic E-state index is 13.1. The summed E-state index contributed by atoms with van der Waals surface area (Å²) < 4.78 is 42.8. The van der Waals surface area contributed by atoms with Gasteiger partial charge >= 0.3 is 6.36 Å². The molecule has 0 aliphatic rings. The molecule has 2 N–H and O–H groups in total. The second-order valence-corrected chi connectivity index (χ2v) is 8.32. The second kappa shape index (κ2) is 11.1. The van der Waals surface area contributed by atoms with Gasteiger partial charge < -0.3 is 15.4 Å². The first-order valence-electron chi connectivity index (χ1n) is 10.6. The fourth-order valence-electron chi connectivity index (χ4n) is 3.17. The predicted octanol–water partition coefficient (Wildman–Crippen LogP) is 4.46. The van der Waals surface area contributed by atoms with Crippen LogP contribution in [0.15, 0.2) is 72.1 Å². The first-order valence-corrected chi connectivity index (χ1v) is 11.6. The van der Waals surface area contributed by atoms with Crippen LogP contribution in [0.25, 0.3) is 5.69 Å². The fraction of sp³-hybridized carbons (Fsp3) is 0.130. The molecule has 0 fully saturated rings. The van der Waals surface area contributed by atoms with Crippen LogP contribution in [0.1, 0.15) is 23.1 Å². The summed E-state index contributed by atoms with van der Waals surface area (Å²) in [6, 6.07) is 13.2. The Morgan fingerprint density at radius 3 is 2.32 bits per heavy atom. The molecule has 0 saturated heterocycles. The van der Waals surface area contributed by atoms with Crippen molar-refractivity contribution in [2.45, 2.75) is 24.2 Å². The number of thioether (sulfide) groups is 1. The van der Waals surface area contributed by atoms with Crippen LogP contribution in [0.2, 0.25) is 0 Å². The Balaban J connectivity index is 1.62. The van der Waals surface area contributed by atoms with Gasteiger partial charge in [0.1, 0.15) is 5.75 Å². The molecule has 2 aromatic heterocycles. The Bertz CT molecular complexity index is 1400. The number of aromatic nitrogens is 5. The zero-order valence-electron chi connectivity index (χ0n) is 19.1. The van der Waals surface area contributed by atoms with Crippen molar-refractivity contribution in [3.8, 4) is 11.4 Å². The van der Waals surface area contributed by atoms with Crippen LogP contribution in [0.4, 0.5) is 24.5 Å². The largest absolute Gasteiger partial charge is 0.573 e. The number of nitrogens with zero attached hydrogens (tertiary/aromatic N) is 5. The van der Waals surface area contributed by atoms with Gasteiger partial charge in [0.25, 0.3) is 5.91 Å². The van der Waals surface area contributed by atoms with Gasteiger partial charge in [0, 0.05) is 36.4 Å². The van der Waals surface area contributed by atoms with E-state index in [9.17, 15) is 22.8 Å². The van der Waals surface area contributed by atoms with E-state index in [1.165, 1.54) is 35.5 Å². The summed E-state index contributed by atoms with van der Waals surface area (Å²) in [4.78, 5) is 32.8. The molecule has 0 radical (unpaired) electrons. The van der Waals surface area contributed by atoms with E-state index >= 15 is 0 Å². The van der Waals surface area contributed by atoms with E-state index < -0.39 is 18.0 Å². The molecule has 0 aliphatic carbocycles. The average Bonchev–Trinajstić information content (AvgIpc) is 3.27. The summed E-state index contributed by atoms with van der Waals surface area (Å²) in [7, 11) is 0. The fourth-order valence-corrected chi connectivity index (χ4v) is 3.96. The van der Waals surface area contributed by atoms with Gasteiger partial charge in [-0.3, -0.25) is 9.59 Å². The molecular weight excluding hydrogens is 511 g/mol. The van der Waals surface area contributed by atoms with Crippen molar-refractivity contribution in [1.82, 2.24) is 25.0 Å². The Hall–Kier alpha value is -4.46. The monoisotopic (exact) mass is 529 g/mol. The maximum Gasteiger partial charge on any atom is 0.573 e. The Labute approximate surface area is 212 Å². The molecule has 2 aromatic carbocycles. The van der Waals surface area contributed by atoms with Crippen molar-refractivity contribution in [1.29, 1.82) is 0 Å². The molecule has 0 saturated carbocycles. The number of carbonyl (C=O) groups excluding carboxylic acids is 2. The van der Waals surface area contributed by atoms with E-state index in [1.807, 2.05) is 0 Å². The van der Waals surface area contributed by atoms with Gasteiger partial charge in [0.05, 0.1) is 11.4 Å². The molecule has 0 unspecified atom stereocenters. The van der Waals surface area contributed by atoms with Crippen molar-refractivity contribution in [2.24, 2.45) is 0 Å². The molecule has 14 heteroatoms. The summed E-state index contributed by atoms with van der Waals surface area (Å²) in [5.41, 5.74) is 1.61. The molecule has 0 aliphatic heterocycles. The lowest BCUT2D eigenvalue weighted by Crippen LogP contribution is -2.17. The lowest BCUT2D eigenvalue weighted by Gasteiger charge is -2.11. The van der Waals surface area contributed by atoms with Gasteiger partial charge in [-0.1, -0.05) is 23.0 Å². The minimum absolute atomic E-state index is 0.0102. The Morgan fingerprint density at radius 1 is 1.00 bits per heavy atom. The van der Waals surface area contributed by atoms with E-state index in [-0.39, 0.29) is 17.4 Å². The molecule has 190 valence electrons. The average molecular weight is 530 g/mol. The summed E-state index contributed by atoms with van der Waals surface area (Å²) >= 11 is 1.22. The summed E-state index contributed by atoms with van der Waals surface area (Å²) in [6.07, 6.45) is -1.69. The molecule has 10 nitrogen and oxygen atoms in total. The second-order valence-electron chi connectivity index (χ2n) is 7.37. The van der Waals surface area contributed by atoms with Gasteiger partial charge in [-0.2, -0.15) is 0 Å². The molecule has 0 atom stereocenters. The summed E-state index contributed by atoms with van der Waals surface area (Å²) in [5, 5.41) is 13.9. The number of benzene rings is 2. The van der Waals surface area contributed by atoms with E-state index in [0.717, 1.165) is 12.1 Å². The molecule has 4 rings (SSSR count). The number of anilines is 2. The number of hydrogen-bond donors (Lipinski definition) is 2. The SMILES string of the molecule is CC(=O)Nc1cccc(NC(=O)c2nnn(-c3ccc(OC(F)(F)F)cc3)c2CSc2ncccn2)c1. The van der Waals surface area contributed by atoms with E-state index in [4.69, 9.17) is 0 Å². The highest BCUT2D eigenvalue weighted by atomic mass is 32.2. The van der Waals surface area contributed by atoms with Crippen LogP contribution in [-0.2, 0) is 10.5 Å². The highest BCUT2D eigenvalue weighted by Gasteiger charge is 2.31. The van der Waals surface area contributed by atoms with Gasteiger partial charge in [-0.25, -0.2) is 14.6 Å². The molecule has 0 bridgehead atoms. The number of halogens is 3. The zero-order valence-corrected chi connectivity index (χ0v) is 19.9. The van der Waals surface area contributed by atoms with Crippen molar-refractivity contribution in [3.63, 3.8) is 0 Å². The van der Waals surface area contributed by atoms with E-state index in [1.54, 1.807) is 42.7 Å². The highest BCUT2D eigenvalue weighted by Crippen LogP contribution is 2.27. The molecule has 0 spiro atoms. The number of amides is 2. The number of carbonyl (C=O) groups is 2. The van der Waals surface area contributed by atoms with Crippen molar-refractivity contribution >= 4 is 35.0 Å². The van der Waals surface area contributed by atoms with Crippen LogP contribution < -0.4 is 15.4 Å². The predicted molar refractivity (Wildman–Crippen MR) is 128 cm³/mol. The third-order valence-corrected chi connectivity index (χ3v) is 5.50.